The van der Waals surface area contributed by atoms with E-state index >= 15 is 0 Å². The molecule has 0 bridgehead atoms. The van der Waals surface area contributed by atoms with Gasteiger partial charge in [0.1, 0.15) is 11.5 Å². The maximum Gasteiger partial charge on any atom is 0.270 e. The van der Waals surface area contributed by atoms with Crippen molar-refractivity contribution in [3.8, 4) is 0 Å². The molecule has 1 aromatic heterocycles. The summed E-state index contributed by atoms with van der Waals surface area (Å²) in [5.41, 5.74) is 2.96. The number of carbonyl (C=O) groups is 2. The van der Waals surface area contributed by atoms with E-state index < -0.39 is 5.82 Å². The van der Waals surface area contributed by atoms with Crippen molar-refractivity contribution in [1.29, 1.82) is 0 Å². The first kappa shape index (κ1) is 22.0. The number of fused-ring (bicyclic) bond motifs is 1. The van der Waals surface area contributed by atoms with Crippen LogP contribution in [0.2, 0.25) is 5.02 Å². The van der Waals surface area contributed by atoms with Gasteiger partial charge in [0.05, 0.1) is 15.6 Å². The lowest BCUT2D eigenvalue weighted by Crippen LogP contribution is -2.38. The number of piperidine rings is 1. The molecule has 2 aromatic carbocycles. The van der Waals surface area contributed by atoms with Gasteiger partial charge in [-0.15, -0.1) is 11.3 Å². The maximum atomic E-state index is 14.1. The van der Waals surface area contributed by atoms with E-state index in [1.807, 2.05) is 17.5 Å². The van der Waals surface area contributed by atoms with Gasteiger partial charge >= 0.3 is 0 Å². The van der Waals surface area contributed by atoms with E-state index in [2.05, 4.69) is 22.4 Å². The number of likely N-dealkylation sites (tertiary alicyclic amines) is 1. The van der Waals surface area contributed by atoms with Crippen molar-refractivity contribution >= 4 is 34.8 Å². The number of halogens is 2. The smallest absolute Gasteiger partial charge is 0.270 e. The SMILES string of the molecule is O=C(NC1Cc2ccccc2C1)c1csc(C2CCN(C(=O)c3c(F)cccc3Cl)CC2)n1. The van der Waals surface area contributed by atoms with Crippen molar-refractivity contribution in [2.45, 2.75) is 37.6 Å². The van der Waals surface area contributed by atoms with Crippen LogP contribution in [0.1, 0.15) is 55.7 Å². The van der Waals surface area contributed by atoms with E-state index in [1.54, 1.807) is 4.90 Å². The summed E-state index contributed by atoms with van der Waals surface area (Å²) in [5.74, 6) is -0.951. The maximum absolute atomic E-state index is 14.1. The Kier molecular flexibility index (Phi) is 6.17. The third-order valence-electron chi connectivity index (χ3n) is 6.45. The summed E-state index contributed by atoms with van der Waals surface area (Å²) >= 11 is 7.54. The van der Waals surface area contributed by atoms with Crippen molar-refractivity contribution in [3.63, 3.8) is 0 Å². The number of aromatic nitrogens is 1. The van der Waals surface area contributed by atoms with Crippen molar-refractivity contribution in [1.82, 2.24) is 15.2 Å². The van der Waals surface area contributed by atoms with Gasteiger partial charge in [0, 0.05) is 30.4 Å². The average Bonchev–Trinajstić information content (AvgIpc) is 3.46. The molecule has 0 spiro atoms. The molecule has 2 aliphatic rings. The lowest BCUT2D eigenvalue weighted by Gasteiger charge is -2.31. The minimum atomic E-state index is -0.601. The molecule has 2 amide bonds. The molecule has 0 saturated carbocycles. The number of thiazole rings is 1. The summed E-state index contributed by atoms with van der Waals surface area (Å²) in [7, 11) is 0. The highest BCUT2D eigenvalue weighted by Crippen LogP contribution is 2.32. The molecule has 1 fully saturated rings. The highest BCUT2D eigenvalue weighted by Gasteiger charge is 2.29. The van der Waals surface area contributed by atoms with Crippen LogP contribution in [0.5, 0.6) is 0 Å². The molecule has 1 aliphatic heterocycles. The summed E-state index contributed by atoms with van der Waals surface area (Å²) in [6.07, 6.45) is 3.11. The van der Waals surface area contributed by atoms with E-state index in [0.29, 0.717) is 31.6 Å². The second kappa shape index (κ2) is 9.23. The van der Waals surface area contributed by atoms with Crippen molar-refractivity contribution in [3.05, 3.63) is 86.1 Å². The number of hydrogen-bond acceptors (Lipinski definition) is 4. The Morgan fingerprint density at radius 2 is 1.76 bits per heavy atom. The Balaban J connectivity index is 1.18. The van der Waals surface area contributed by atoms with Gasteiger partial charge in [0.15, 0.2) is 0 Å². The first-order valence-corrected chi connectivity index (χ1v) is 12.3. The minimum Gasteiger partial charge on any atom is -0.347 e. The summed E-state index contributed by atoms with van der Waals surface area (Å²) in [4.78, 5) is 31.7. The molecule has 8 heteroatoms. The molecule has 1 saturated heterocycles. The molecule has 3 aromatic rings. The quantitative estimate of drug-likeness (QED) is 0.577. The monoisotopic (exact) mass is 483 g/mol. The van der Waals surface area contributed by atoms with Crippen LogP contribution >= 0.6 is 22.9 Å². The lowest BCUT2D eigenvalue weighted by atomic mass is 9.97. The molecule has 0 radical (unpaired) electrons. The molecule has 5 nitrogen and oxygen atoms in total. The van der Waals surface area contributed by atoms with Crippen molar-refractivity contribution in [2.75, 3.05) is 13.1 Å². The second-order valence-electron chi connectivity index (χ2n) is 8.58. The van der Waals surface area contributed by atoms with E-state index in [-0.39, 0.29) is 34.4 Å². The van der Waals surface area contributed by atoms with Crippen LogP contribution in [-0.4, -0.2) is 40.8 Å². The molecule has 1 aliphatic carbocycles. The van der Waals surface area contributed by atoms with Gasteiger partial charge in [-0.3, -0.25) is 9.59 Å². The molecular weight excluding hydrogens is 461 g/mol. The molecule has 33 heavy (non-hydrogen) atoms. The molecular formula is C25H23ClFN3O2S. The fourth-order valence-electron chi connectivity index (χ4n) is 4.69. The topological polar surface area (TPSA) is 62.3 Å². The van der Waals surface area contributed by atoms with Gasteiger partial charge < -0.3 is 10.2 Å². The van der Waals surface area contributed by atoms with E-state index in [4.69, 9.17) is 11.6 Å². The fraction of sp³-hybridized carbons (Fsp3) is 0.320. The van der Waals surface area contributed by atoms with Crippen LogP contribution in [0.25, 0.3) is 0 Å². The van der Waals surface area contributed by atoms with Gasteiger partial charge in [-0.1, -0.05) is 41.9 Å². The first-order valence-electron chi connectivity index (χ1n) is 11.1. The van der Waals surface area contributed by atoms with Crippen molar-refractivity contribution < 1.29 is 14.0 Å². The van der Waals surface area contributed by atoms with Gasteiger partial charge in [-0.25, -0.2) is 9.37 Å². The Bertz CT molecular complexity index is 1160. The van der Waals surface area contributed by atoms with Gasteiger partial charge in [-0.2, -0.15) is 0 Å². The van der Waals surface area contributed by atoms with E-state index in [1.165, 1.54) is 40.7 Å². The highest BCUT2D eigenvalue weighted by molar-refractivity contribution is 7.09. The number of hydrogen-bond donors (Lipinski definition) is 1. The largest absolute Gasteiger partial charge is 0.347 e. The Hall–Kier alpha value is -2.77. The minimum absolute atomic E-state index is 0.0695. The predicted molar refractivity (Wildman–Crippen MR) is 127 cm³/mol. The Labute approximate surface area is 200 Å². The Morgan fingerprint density at radius 1 is 1.06 bits per heavy atom. The van der Waals surface area contributed by atoms with Crippen LogP contribution in [-0.2, 0) is 12.8 Å². The van der Waals surface area contributed by atoms with Crippen LogP contribution in [0.4, 0.5) is 4.39 Å². The van der Waals surface area contributed by atoms with E-state index in [0.717, 1.165) is 17.8 Å². The van der Waals surface area contributed by atoms with Crippen LogP contribution < -0.4 is 5.32 Å². The summed E-state index contributed by atoms with van der Waals surface area (Å²) < 4.78 is 14.1. The highest BCUT2D eigenvalue weighted by atomic mass is 35.5. The molecule has 1 N–H and O–H groups in total. The van der Waals surface area contributed by atoms with Crippen molar-refractivity contribution in [2.24, 2.45) is 0 Å². The predicted octanol–water partition coefficient (Wildman–Crippen LogP) is 4.85. The zero-order chi connectivity index (χ0) is 22.9. The second-order valence-corrected chi connectivity index (χ2v) is 9.88. The van der Waals surface area contributed by atoms with Gasteiger partial charge in [-0.05, 0) is 48.9 Å². The lowest BCUT2D eigenvalue weighted by molar-refractivity contribution is 0.0708. The molecule has 0 unspecified atom stereocenters. The third-order valence-corrected chi connectivity index (χ3v) is 7.77. The summed E-state index contributed by atoms with van der Waals surface area (Å²) in [6, 6.07) is 12.6. The number of nitrogens with one attached hydrogen (secondary N) is 1. The fourth-order valence-corrected chi connectivity index (χ4v) is 5.90. The zero-order valence-electron chi connectivity index (χ0n) is 17.9. The van der Waals surface area contributed by atoms with Crippen LogP contribution in [0.15, 0.2) is 47.8 Å². The Morgan fingerprint density at radius 3 is 2.42 bits per heavy atom. The number of nitrogens with zero attached hydrogens (tertiary/aromatic N) is 2. The molecule has 0 atom stereocenters. The first-order chi connectivity index (χ1) is 16.0. The number of amides is 2. The zero-order valence-corrected chi connectivity index (χ0v) is 19.5. The molecule has 2 heterocycles. The average molecular weight is 484 g/mol. The summed E-state index contributed by atoms with van der Waals surface area (Å²) in [5, 5.41) is 5.96. The van der Waals surface area contributed by atoms with Gasteiger partial charge in [0.2, 0.25) is 0 Å². The number of rotatable bonds is 4. The molecule has 170 valence electrons. The standard InChI is InChI=1S/C25H23ClFN3O2S/c26-19-6-3-7-20(27)22(19)25(32)30-10-8-15(9-11-30)24-29-21(14-33-24)23(31)28-18-12-16-4-1-2-5-17(16)13-18/h1-7,14-15,18H,8-13H2,(H,28,31). The molecule has 5 rings (SSSR count). The number of carbonyl (C=O) groups excluding carboxylic acids is 2. The van der Waals surface area contributed by atoms with Crippen LogP contribution in [0, 0.1) is 5.82 Å². The summed E-state index contributed by atoms with van der Waals surface area (Å²) in [6.45, 7) is 0.991. The normalized spacial score (nSPS) is 16.6. The van der Waals surface area contributed by atoms with Gasteiger partial charge in [0.25, 0.3) is 11.8 Å². The number of benzene rings is 2. The van der Waals surface area contributed by atoms with E-state index in [9.17, 15) is 14.0 Å². The van der Waals surface area contributed by atoms with Crippen LogP contribution in [0.3, 0.4) is 0 Å². The third kappa shape index (κ3) is 4.52.